The summed E-state index contributed by atoms with van der Waals surface area (Å²) < 4.78 is 27.4. The molecule has 6 heteroatoms. The molecule has 2 atom stereocenters. The molecule has 5 nitrogen and oxygen atoms in total. The minimum Gasteiger partial charge on any atom is -0.458 e. The summed E-state index contributed by atoms with van der Waals surface area (Å²) >= 11 is 0. The first kappa shape index (κ1) is 28.8. The maximum absolute atomic E-state index is 14.7. The van der Waals surface area contributed by atoms with Gasteiger partial charge in [-0.05, 0) is 93.7 Å². The van der Waals surface area contributed by atoms with Gasteiger partial charge in [-0.3, -0.25) is 9.79 Å². The van der Waals surface area contributed by atoms with E-state index in [9.17, 15) is 9.18 Å². The summed E-state index contributed by atoms with van der Waals surface area (Å²) in [6.07, 6.45) is 9.31. The molecule has 1 unspecified atom stereocenters. The Balaban J connectivity index is 1.81. The highest BCUT2D eigenvalue weighted by Crippen LogP contribution is 2.41. The van der Waals surface area contributed by atoms with Gasteiger partial charge in [-0.2, -0.15) is 0 Å². The van der Waals surface area contributed by atoms with Gasteiger partial charge in [-0.15, -0.1) is 0 Å². The van der Waals surface area contributed by atoms with E-state index in [0.717, 1.165) is 49.1 Å². The van der Waals surface area contributed by atoms with Crippen LogP contribution in [0, 0.1) is 17.2 Å². The zero-order valence-corrected chi connectivity index (χ0v) is 24.6. The van der Waals surface area contributed by atoms with Gasteiger partial charge in [-0.1, -0.05) is 40.7 Å². The first-order valence-electron chi connectivity index (χ1n) is 14.3. The molecule has 1 amide bonds. The zero-order chi connectivity index (χ0) is 28.3. The Morgan fingerprint density at radius 3 is 2.67 bits per heavy atom. The summed E-state index contributed by atoms with van der Waals surface area (Å²) in [7, 11) is 0. The Morgan fingerprint density at radius 1 is 1.21 bits per heavy atom. The highest BCUT2D eigenvalue weighted by Gasteiger charge is 2.38. The van der Waals surface area contributed by atoms with E-state index in [1.807, 2.05) is 12.3 Å². The molecule has 2 aliphatic rings. The van der Waals surface area contributed by atoms with Gasteiger partial charge in [0.25, 0.3) is 5.91 Å². The largest absolute Gasteiger partial charge is 0.458 e. The number of carbonyl (C=O) groups is 1. The van der Waals surface area contributed by atoms with E-state index in [2.05, 4.69) is 48.5 Å². The molecule has 1 aromatic carbocycles. The second kappa shape index (κ2) is 11.9. The van der Waals surface area contributed by atoms with Crippen molar-refractivity contribution >= 4 is 23.1 Å². The van der Waals surface area contributed by atoms with Crippen molar-refractivity contribution < 1.29 is 18.3 Å². The van der Waals surface area contributed by atoms with Crippen LogP contribution < -0.4 is 0 Å². The molecular formula is C33H43FN2O3. The number of hydrogen-bond donors (Lipinski definition) is 0. The zero-order valence-electron chi connectivity index (χ0n) is 24.6. The van der Waals surface area contributed by atoms with Crippen LogP contribution in [0.2, 0.25) is 0 Å². The number of aliphatic imine (C=N–C) groups is 1. The molecule has 39 heavy (non-hydrogen) atoms. The monoisotopic (exact) mass is 534 g/mol. The van der Waals surface area contributed by atoms with Crippen LogP contribution in [-0.4, -0.2) is 23.6 Å². The molecule has 0 fully saturated rings. The molecule has 0 bridgehead atoms. The number of hydrogen-bond acceptors (Lipinski definition) is 4. The lowest BCUT2D eigenvalue weighted by atomic mass is 9.89. The molecule has 0 radical (unpaired) electrons. The van der Waals surface area contributed by atoms with E-state index < -0.39 is 6.04 Å². The van der Waals surface area contributed by atoms with Gasteiger partial charge in [0.1, 0.15) is 29.0 Å². The summed E-state index contributed by atoms with van der Waals surface area (Å²) in [4.78, 5) is 21.1. The van der Waals surface area contributed by atoms with Crippen molar-refractivity contribution in [3.05, 3.63) is 70.3 Å². The maximum atomic E-state index is 14.7. The van der Waals surface area contributed by atoms with Crippen LogP contribution in [0.4, 0.5) is 4.39 Å². The van der Waals surface area contributed by atoms with Crippen molar-refractivity contribution in [2.45, 2.75) is 93.0 Å². The van der Waals surface area contributed by atoms with E-state index in [4.69, 9.17) is 14.1 Å². The summed E-state index contributed by atoms with van der Waals surface area (Å²) in [6.45, 7) is 15.2. The predicted molar refractivity (Wildman–Crippen MR) is 156 cm³/mol. The first-order chi connectivity index (χ1) is 18.5. The topological polar surface area (TPSA) is 55.0 Å². The molecule has 2 aliphatic heterocycles. The number of fused-ring (bicyclic) bond motifs is 1. The lowest BCUT2D eigenvalue weighted by Crippen LogP contribution is -2.41. The van der Waals surface area contributed by atoms with Gasteiger partial charge >= 0.3 is 0 Å². The van der Waals surface area contributed by atoms with E-state index in [1.165, 1.54) is 11.6 Å². The number of allylic oxidation sites excluding steroid dienone is 3. The first-order valence-corrected chi connectivity index (χ1v) is 14.3. The molecule has 210 valence electrons. The lowest BCUT2D eigenvalue weighted by Gasteiger charge is -2.36. The number of halogens is 1. The Bertz CT molecular complexity index is 1340. The van der Waals surface area contributed by atoms with E-state index in [-0.39, 0.29) is 23.1 Å². The average molecular weight is 535 g/mol. The number of amides is 1. The number of carbonyl (C=O) groups excluding carboxylic acids is 1. The second-order valence-corrected chi connectivity index (χ2v) is 12.1. The number of nitrogens with zero attached hydrogens (tertiary/aromatic N) is 2. The summed E-state index contributed by atoms with van der Waals surface area (Å²) in [5, 5.41) is 0.403. The van der Waals surface area contributed by atoms with Gasteiger partial charge in [0, 0.05) is 18.2 Å². The lowest BCUT2D eigenvalue weighted by molar-refractivity contribution is -0.133. The fourth-order valence-corrected chi connectivity index (χ4v) is 5.29. The van der Waals surface area contributed by atoms with Gasteiger partial charge in [0.05, 0.1) is 11.1 Å². The molecule has 0 saturated heterocycles. The third kappa shape index (κ3) is 6.37. The van der Waals surface area contributed by atoms with Crippen molar-refractivity contribution in [3.63, 3.8) is 0 Å². The van der Waals surface area contributed by atoms with Crippen LogP contribution in [-0.2, 0) is 9.53 Å². The van der Waals surface area contributed by atoms with Crippen LogP contribution in [0.15, 0.2) is 68.1 Å². The molecule has 1 aromatic heterocycles. The smallest absolute Gasteiger partial charge is 0.290 e. The highest BCUT2D eigenvalue weighted by molar-refractivity contribution is 5.92. The molecule has 3 heterocycles. The van der Waals surface area contributed by atoms with Crippen LogP contribution >= 0.6 is 0 Å². The Labute approximate surface area is 232 Å². The quantitative estimate of drug-likeness (QED) is 0.360. The van der Waals surface area contributed by atoms with Gasteiger partial charge in [0.15, 0.2) is 5.76 Å². The predicted octanol–water partition coefficient (Wildman–Crippen LogP) is 9.03. The van der Waals surface area contributed by atoms with Crippen molar-refractivity contribution in [2.75, 3.05) is 6.54 Å². The second-order valence-electron chi connectivity index (χ2n) is 12.1. The SMILES string of the molecule is CCC(C)C=NC1=C(C)CCN(C(=O)/C2=C/CCCCC(C)=C(C(C)(C)C)O2)[C@@H]1c1cc2c(F)cccc2o1. The summed E-state index contributed by atoms with van der Waals surface area (Å²) in [6, 6.07) is 5.95. The van der Waals surface area contributed by atoms with E-state index in [1.54, 1.807) is 23.1 Å². The Morgan fingerprint density at radius 2 is 1.97 bits per heavy atom. The van der Waals surface area contributed by atoms with Crippen molar-refractivity contribution in [1.82, 2.24) is 4.90 Å². The van der Waals surface area contributed by atoms with Gasteiger partial charge in [0.2, 0.25) is 0 Å². The Kier molecular flexibility index (Phi) is 8.83. The molecule has 0 spiro atoms. The molecule has 0 saturated carbocycles. The number of benzene rings is 1. The van der Waals surface area contributed by atoms with Crippen LogP contribution in [0.5, 0.6) is 0 Å². The third-order valence-electron chi connectivity index (χ3n) is 7.73. The van der Waals surface area contributed by atoms with Crippen LogP contribution in [0.3, 0.4) is 0 Å². The average Bonchev–Trinajstić information content (AvgIpc) is 3.36. The number of ether oxygens (including phenoxy) is 1. The minimum atomic E-state index is -0.585. The molecule has 0 aliphatic carbocycles. The molecule has 4 rings (SSSR count). The van der Waals surface area contributed by atoms with Crippen LogP contribution in [0.25, 0.3) is 11.0 Å². The minimum absolute atomic E-state index is 0.193. The number of rotatable bonds is 5. The highest BCUT2D eigenvalue weighted by atomic mass is 19.1. The Hall–Kier alpha value is -3.15. The fourth-order valence-electron chi connectivity index (χ4n) is 5.29. The van der Waals surface area contributed by atoms with Crippen molar-refractivity contribution in [1.29, 1.82) is 0 Å². The molecular weight excluding hydrogens is 491 g/mol. The van der Waals surface area contributed by atoms with Crippen molar-refractivity contribution in [2.24, 2.45) is 16.3 Å². The maximum Gasteiger partial charge on any atom is 0.290 e. The normalized spacial score (nSPS) is 21.9. The van der Waals surface area contributed by atoms with Crippen LogP contribution in [0.1, 0.15) is 98.8 Å². The summed E-state index contributed by atoms with van der Waals surface area (Å²) in [5.74, 6) is 1.45. The molecule has 0 N–H and O–H groups in total. The molecule has 2 aromatic rings. The third-order valence-corrected chi connectivity index (χ3v) is 7.73. The summed E-state index contributed by atoms with van der Waals surface area (Å²) in [5.41, 5.74) is 3.27. The van der Waals surface area contributed by atoms with Crippen molar-refractivity contribution in [3.8, 4) is 0 Å². The van der Waals surface area contributed by atoms with Gasteiger partial charge < -0.3 is 14.1 Å². The van der Waals surface area contributed by atoms with Gasteiger partial charge in [-0.25, -0.2) is 4.39 Å². The number of furan rings is 1. The standard InChI is InChI=1S/C33H43FN2O3/c1-8-21(2)20-35-29-22(3)17-18-36(30(29)28-19-24-25(34)14-12-16-26(24)38-28)32(37)27-15-11-9-10-13-23(4)31(39-27)33(5,6)7/h12,14-16,19-21,30H,8-11,13,17-18H2,1-7H3/b27-15-,31-23?,35-20?/t21?,30-/m1/s1. The fraction of sp³-hybridized carbons (Fsp3) is 0.515. The van der Waals surface area contributed by atoms with E-state index >= 15 is 0 Å². The van der Waals surface area contributed by atoms with E-state index in [0.29, 0.717) is 35.5 Å².